The average Bonchev–Trinajstić information content (AvgIpc) is 3.05. The van der Waals surface area contributed by atoms with Crippen LogP contribution in [0.4, 0.5) is 0 Å². The molecule has 0 radical (unpaired) electrons. The van der Waals surface area contributed by atoms with Gasteiger partial charge in [-0.15, -0.1) is 0 Å². The summed E-state index contributed by atoms with van der Waals surface area (Å²) in [6.07, 6.45) is 5.14. The van der Waals surface area contributed by atoms with Crippen LogP contribution in [0.15, 0.2) is 54.6 Å². The predicted octanol–water partition coefficient (Wildman–Crippen LogP) is 11.6. The van der Waals surface area contributed by atoms with Gasteiger partial charge < -0.3 is 15.3 Å². The molecule has 0 aliphatic carbocycles. The first-order valence-corrected chi connectivity index (χ1v) is 17.9. The molecular weight excluding hydrogens is 588 g/mol. The number of phenolic OH excluding ortho intramolecular Hbond substituents is 3. The molecule has 0 unspecified atom stereocenters. The number of rotatable bonds is 12. The number of aromatic hydroxyl groups is 3. The summed E-state index contributed by atoms with van der Waals surface area (Å²) in [4.78, 5) is 0. The Morgan fingerprint density at radius 1 is 0.417 bits per heavy atom. The molecule has 0 heterocycles. The lowest BCUT2D eigenvalue weighted by Crippen LogP contribution is -2.17. The van der Waals surface area contributed by atoms with E-state index >= 15 is 0 Å². The fraction of sp³-hybridized carbons (Fsp3) is 0.467. The molecule has 0 amide bonds. The van der Waals surface area contributed by atoms with Gasteiger partial charge in [-0.2, -0.15) is 0 Å². The van der Waals surface area contributed by atoms with Crippen LogP contribution in [0.1, 0.15) is 148 Å². The Morgan fingerprint density at radius 3 is 0.854 bits per heavy atom. The van der Waals surface area contributed by atoms with Crippen molar-refractivity contribution in [2.24, 2.45) is 0 Å². The molecule has 4 rings (SSSR count). The molecule has 3 heteroatoms. The molecule has 0 saturated heterocycles. The van der Waals surface area contributed by atoms with E-state index < -0.39 is 0 Å². The van der Waals surface area contributed by atoms with Crippen molar-refractivity contribution >= 4 is 0 Å². The molecule has 4 aromatic carbocycles. The molecule has 0 fully saturated rings. The molecule has 0 aromatic heterocycles. The van der Waals surface area contributed by atoms with E-state index in [1.165, 1.54) is 50.1 Å². The second-order valence-electron chi connectivity index (χ2n) is 16.1. The maximum absolute atomic E-state index is 10.8. The molecule has 3 N–H and O–H groups in total. The van der Waals surface area contributed by atoms with E-state index in [1.54, 1.807) is 0 Å². The maximum Gasteiger partial charge on any atom is 0.119 e. The van der Waals surface area contributed by atoms with E-state index in [0.717, 1.165) is 55.2 Å². The predicted molar refractivity (Wildman–Crippen MR) is 203 cm³/mol. The highest BCUT2D eigenvalue weighted by Crippen LogP contribution is 2.39. The Hall–Kier alpha value is -3.72. The fourth-order valence-corrected chi connectivity index (χ4v) is 7.08. The van der Waals surface area contributed by atoms with Crippen molar-refractivity contribution in [3.8, 4) is 17.2 Å². The van der Waals surface area contributed by atoms with Crippen LogP contribution in [0.3, 0.4) is 0 Å². The van der Waals surface area contributed by atoms with Crippen molar-refractivity contribution in [2.45, 2.75) is 138 Å². The fourth-order valence-electron chi connectivity index (χ4n) is 7.08. The van der Waals surface area contributed by atoms with Gasteiger partial charge in [0.1, 0.15) is 17.2 Å². The lowest BCUT2D eigenvalue weighted by molar-refractivity contribution is 0.428. The van der Waals surface area contributed by atoms with Crippen LogP contribution in [0.5, 0.6) is 17.2 Å². The molecule has 48 heavy (non-hydrogen) atoms. The highest BCUT2D eigenvalue weighted by atomic mass is 16.3. The van der Waals surface area contributed by atoms with Crippen LogP contribution in [0.2, 0.25) is 0 Å². The van der Waals surface area contributed by atoms with E-state index in [4.69, 9.17) is 0 Å². The van der Waals surface area contributed by atoms with Crippen LogP contribution in [-0.4, -0.2) is 15.3 Å². The zero-order valence-electron chi connectivity index (χ0n) is 31.8. The standard InChI is InChI=1S/C45H60O3/c1-13-43(7,8)37-25-31(16-19-40(37)46)22-34-28(4)35(23-32-17-20-41(47)38(26-32)44(9,10)14-2)30(6)36(29(34)5)24-33-18-21-42(48)39(27-33)45(11,12)15-3/h16-21,25-27,46-48H,13-15,22-24H2,1-12H3. The highest BCUT2D eigenvalue weighted by molar-refractivity contribution is 5.56. The van der Waals surface area contributed by atoms with Gasteiger partial charge in [-0.1, -0.05) is 98.7 Å². The molecule has 0 saturated carbocycles. The number of hydrogen-bond donors (Lipinski definition) is 3. The first kappa shape index (κ1) is 37.1. The zero-order chi connectivity index (χ0) is 35.8. The van der Waals surface area contributed by atoms with Crippen molar-refractivity contribution in [1.29, 1.82) is 0 Å². The van der Waals surface area contributed by atoms with Gasteiger partial charge >= 0.3 is 0 Å². The van der Waals surface area contributed by atoms with Crippen LogP contribution in [0, 0.1) is 20.8 Å². The first-order chi connectivity index (χ1) is 22.4. The van der Waals surface area contributed by atoms with Gasteiger partial charge in [0.25, 0.3) is 0 Å². The maximum atomic E-state index is 10.8. The Kier molecular flexibility index (Phi) is 10.8. The smallest absolute Gasteiger partial charge is 0.119 e. The van der Waals surface area contributed by atoms with Crippen molar-refractivity contribution in [3.63, 3.8) is 0 Å². The summed E-state index contributed by atoms with van der Waals surface area (Å²) in [6.45, 7) is 26.5. The number of hydrogen-bond acceptors (Lipinski definition) is 3. The van der Waals surface area contributed by atoms with Crippen molar-refractivity contribution in [1.82, 2.24) is 0 Å². The third-order valence-electron chi connectivity index (χ3n) is 11.9. The van der Waals surface area contributed by atoms with Gasteiger partial charge in [0.2, 0.25) is 0 Å². The van der Waals surface area contributed by atoms with Gasteiger partial charge in [-0.05, 0) is 161 Å². The molecule has 0 atom stereocenters. The van der Waals surface area contributed by atoms with E-state index in [-0.39, 0.29) is 16.2 Å². The van der Waals surface area contributed by atoms with Crippen LogP contribution < -0.4 is 0 Å². The molecule has 0 bridgehead atoms. The topological polar surface area (TPSA) is 60.7 Å². The van der Waals surface area contributed by atoms with E-state index in [0.29, 0.717) is 17.2 Å². The highest BCUT2D eigenvalue weighted by Gasteiger charge is 2.26. The van der Waals surface area contributed by atoms with Crippen LogP contribution in [0.25, 0.3) is 0 Å². The SMILES string of the molecule is CCC(C)(C)c1cc(Cc2c(C)c(Cc3ccc(O)c(C(C)(C)CC)c3)c(C)c(Cc3ccc(O)c(C(C)(C)CC)c3)c2C)ccc1O. The average molecular weight is 649 g/mol. The van der Waals surface area contributed by atoms with Gasteiger partial charge in [-0.3, -0.25) is 0 Å². The summed E-state index contributed by atoms with van der Waals surface area (Å²) >= 11 is 0. The largest absolute Gasteiger partial charge is 0.508 e. The monoisotopic (exact) mass is 648 g/mol. The van der Waals surface area contributed by atoms with Gasteiger partial charge in [0, 0.05) is 0 Å². The van der Waals surface area contributed by atoms with Crippen molar-refractivity contribution < 1.29 is 15.3 Å². The number of phenols is 3. The van der Waals surface area contributed by atoms with E-state index in [1.807, 2.05) is 18.2 Å². The zero-order valence-corrected chi connectivity index (χ0v) is 31.8. The van der Waals surface area contributed by atoms with Crippen molar-refractivity contribution in [3.05, 3.63) is 121 Å². The molecule has 0 aliphatic rings. The summed E-state index contributed by atoms with van der Waals surface area (Å²) in [5.74, 6) is 1.09. The Bertz CT molecular complexity index is 1560. The van der Waals surface area contributed by atoms with Crippen molar-refractivity contribution in [2.75, 3.05) is 0 Å². The lowest BCUT2D eigenvalue weighted by atomic mass is 9.78. The summed E-state index contributed by atoms with van der Waals surface area (Å²) in [7, 11) is 0. The first-order valence-electron chi connectivity index (χ1n) is 17.9. The van der Waals surface area contributed by atoms with Crippen LogP contribution in [-0.2, 0) is 35.5 Å². The second-order valence-corrected chi connectivity index (χ2v) is 16.1. The number of benzene rings is 4. The minimum Gasteiger partial charge on any atom is -0.508 e. The molecule has 0 spiro atoms. The quantitative estimate of drug-likeness (QED) is 0.143. The van der Waals surface area contributed by atoms with Gasteiger partial charge in [0.05, 0.1) is 0 Å². The molecule has 0 aliphatic heterocycles. The molecule has 4 aromatic rings. The van der Waals surface area contributed by atoms with Gasteiger partial charge in [-0.25, -0.2) is 0 Å². The van der Waals surface area contributed by atoms with E-state index in [2.05, 4.69) is 119 Å². The Labute approximate surface area is 291 Å². The summed E-state index contributed by atoms with van der Waals surface area (Å²) in [6, 6.07) is 18.4. The summed E-state index contributed by atoms with van der Waals surface area (Å²) < 4.78 is 0. The Balaban J connectivity index is 1.91. The second kappa shape index (κ2) is 14.0. The molecule has 258 valence electrons. The third-order valence-corrected chi connectivity index (χ3v) is 11.9. The normalized spacial score (nSPS) is 12.5. The lowest BCUT2D eigenvalue weighted by Gasteiger charge is -2.27. The summed E-state index contributed by atoms with van der Waals surface area (Å²) in [5.41, 5.74) is 14.1. The van der Waals surface area contributed by atoms with Crippen LogP contribution >= 0.6 is 0 Å². The minimum absolute atomic E-state index is 0.126. The molecule has 3 nitrogen and oxygen atoms in total. The summed E-state index contributed by atoms with van der Waals surface area (Å²) in [5, 5.41) is 32.5. The molecular formula is C45H60O3. The van der Waals surface area contributed by atoms with Gasteiger partial charge in [0.15, 0.2) is 0 Å². The van der Waals surface area contributed by atoms with E-state index in [9.17, 15) is 15.3 Å². The third kappa shape index (κ3) is 7.46. The minimum atomic E-state index is -0.126. The Morgan fingerprint density at radius 2 is 0.646 bits per heavy atom.